The van der Waals surface area contributed by atoms with Crippen molar-refractivity contribution in [3.8, 4) is 17.1 Å². The Hall–Kier alpha value is -1.88. The van der Waals surface area contributed by atoms with E-state index in [4.69, 9.17) is 9.26 Å². The molecule has 1 aromatic heterocycles. The summed E-state index contributed by atoms with van der Waals surface area (Å²) in [7, 11) is 1.65. The number of nitrogens with one attached hydrogen (secondary N) is 1. The van der Waals surface area contributed by atoms with E-state index in [1.54, 1.807) is 7.11 Å². The van der Waals surface area contributed by atoms with Gasteiger partial charge in [-0.2, -0.15) is 4.98 Å². The van der Waals surface area contributed by atoms with Gasteiger partial charge in [0.15, 0.2) is 0 Å². The van der Waals surface area contributed by atoms with E-state index in [-0.39, 0.29) is 0 Å². The molecule has 0 bridgehead atoms. The molecule has 0 radical (unpaired) electrons. The minimum Gasteiger partial charge on any atom is -0.497 e. The molecule has 1 N–H and O–H groups in total. The van der Waals surface area contributed by atoms with E-state index in [2.05, 4.69) is 15.5 Å². The molecule has 5 nitrogen and oxygen atoms in total. The molecular formula is C14H17N3O2. The fraction of sp³-hybridized carbons (Fsp3) is 0.429. The Morgan fingerprint density at radius 3 is 3.16 bits per heavy atom. The number of ether oxygens (including phenoxy) is 1. The lowest BCUT2D eigenvalue weighted by Gasteiger charge is -2.18. The molecule has 0 amide bonds. The summed E-state index contributed by atoms with van der Waals surface area (Å²) in [6.45, 7) is 1.99. The summed E-state index contributed by atoms with van der Waals surface area (Å²) in [6, 6.07) is 7.69. The quantitative estimate of drug-likeness (QED) is 0.915. The van der Waals surface area contributed by atoms with Crippen LogP contribution in [0.4, 0.5) is 0 Å². The Labute approximate surface area is 112 Å². The van der Waals surface area contributed by atoms with Crippen molar-refractivity contribution in [1.82, 2.24) is 15.5 Å². The van der Waals surface area contributed by atoms with E-state index in [9.17, 15) is 0 Å². The number of hydrogen-bond donors (Lipinski definition) is 1. The molecule has 0 unspecified atom stereocenters. The second-order valence-corrected chi connectivity index (χ2v) is 4.73. The third-order valence-corrected chi connectivity index (χ3v) is 3.42. The number of methoxy groups -OCH3 is 1. The van der Waals surface area contributed by atoms with Gasteiger partial charge in [-0.25, -0.2) is 0 Å². The normalized spacial score (nSPS) is 19.3. The third-order valence-electron chi connectivity index (χ3n) is 3.42. The molecule has 1 aromatic carbocycles. The van der Waals surface area contributed by atoms with Gasteiger partial charge in [0, 0.05) is 12.1 Å². The van der Waals surface area contributed by atoms with Crippen molar-refractivity contribution in [3.05, 3.63) is 30.2 Å². The van der Waals surface area contributed by atoms with E-state index < -0.39 is 0 Å². The van der Waals surface area contributed by atoms with Gasteiger partial charge in [0.1, 0.15) is 5.75 Å². The molecular weight excluding hydrogens is 242 g/mol. The van der Waals surface area contributed by atoms with Gasteiger partial charge in [-0.15, -0.1) is 0 Å². The highest BCUT2D eigenvalue weighted by Gasteiger charge is 2.21. The second-order valence-electron chi connectivity index (χ2n) is 4.73. The number of nitrogens with zero attached hydrogens (tertiary/aromatic N) is 2. The Bertz CT molecular complexity index is 547. The Morgan fingerprint density at radius 2 is 2.37 bits per heavy atom. The van der Waals surface area contributed by atoms with Crippen LogP contribution < -0.4 is 10.1 Å². The molecule has 1 aliphatic heterocycles. The summed E-state index contributed by atoms with van der Waals surface area (Å²) >= 11 is 0. The summed E-state index contributed by atoms with van der Waals surface area (Å²) in [6.07, 6.45) is 2.26. The van der Waals surface area contributed by atoms with Gasteiger partial charge in [0.25, 0.3) is 0 Å². The molecule has 0 aliphatic carbocycles. The first-order valence-electron chi connectivity index (χ1n) is 6.55. The van der Waals surface area contributed by atoms with Crippen molar-refractivity contribution in [1.29, 1.82) is 0 Å². The van der Waals surface area contributed by atoms with Gasteiger partial charge in [-0.1, -0.05) is 17.3 Å². The predicted molar refractivity (Wildman–Crippen MR) is 71.1 cm³/mol. The molecule has 5 heteroatoms. The molecule has 100 valence electrons. The molecule has 1 saturated heterocycles. The zero-order chi connectivity index (χ0) is 13.1. The first-order valence-corrected chi connectivity index (χ1v) is 6.55. The Balaban J connectivity index is 1.83. The SMILES string of the molecule is COc1cccc(-c2noc([C@H]3CCCNC3)n2)c1. The highest BCUT2D eigenvalue weighted by atomic mass is 16.5. The average Bonchev–Trinajstić information content (AvgIpc) is 2.98. The summed E-state index contributed by atoms with van der Waals surface area (Å²) in [4.78, 5) is 4.51. The summed E-state index contributed by atoms with van der Waals surface area (Å²) < 4.78 is 10.6. The van der Waals surface area contributed by atoms with Gasteiger partial charge < -0.3 is 14.6 Å². The topological polar surface area (TPSA) is 60.2 Å². The lowest BCUT2D eigenvalue weighted by Crippen LogP contribution is -2.28. The maximum Gasteiger partial charge on any atom is 0.231 e. The van der Waals surface area contributed by atoms with Crippen LogP contribution >= 0.6 is 0 Å². The van der Waals surface area contributed by atoms with Crippen LogP contribution in [0.3, 0.4) is 0 Å². The summed E-state index contributed by atoms with van der Waals surface area (Å²) in [5, 5.41) is 7.42. The van der Waals surface area contributed by atoms with Crippen LogP contribution in [0.5, 0.6) is 5.75 Å². The van der Waals surface area contributed by atoms with E-state index in [1.165, 1.54) is 0 Å². The number of piperidine rings is 1. The van der Waals surface area contributed by atoms with Crippen LogP contribution in [0, 0.1) is 0 Å². The van der Waals surface area contributed by atoms with Crippen molar-refractivity contribution in [2.45, 2.75) is 18.8 Å². The van der Waals surface area contributed by atoms with Gasteiger partial charge in [0.05, 0.1) is 13.0 Å². The Morgan fingerprint density at radius 1 is 1.42 bits per heavy atom. The Kier molecular flexibility index (Phi) is 3.46. The van der Waals surface area contributed by atoms with Crippen LogP contribution in [-0.2, 0) is 0 Å². The number of rotatable bonds is 3. The summed E-state index contributed by atoms with van der Waals surface area (Å²) in [5.74, 6) is 2.48. The van der Waals surface area contributed by atoms with Gasteiger partial charge in [-0.3, -0.25) is 0 Å². The molecule has 2 heterocycles. The molecule has 19 heavy (non-hydrogen) atoms. The first-order chi connectivity index (χ1) is 9.36. The maximum atomic E-state index is 5.39. The first kappa shape index (κ1) is 12.2. The predicted octanol–water partition coefficient (Wildman–Crippen LogP) is 2.21. The van der Waals surface area contributed by atoms with E-state index >= 15 is 0 Å². The molecule has 2 aromatic rings. The zero-order valence-corrected chi connectivity index (χ0v) is 10.9. The van der Waals surface area contributed by atoms with Crippen LogP contribution in [0.15, 0.2) is 28.8 Å². The van der Waals surface area contributed by atoms with Crippen LogP contribution in [0.25, 0.3) is 11.4 Å². The molecule has 1 aliphatic rings. The van der Waals surface area contributed by atoms with Crippen molar-refractivity contribution in [2.75, 3.05) is 20.2 Å². The molecule has 3 rings (SSSR count). The third kappa shape index (κ3) is 2.61. The average molecular weight is 259 g/mol. The van der Waals surface area contributed by atoms with Crippen molar-refractivity contribution in [3.63, 3.8) is 0 Å². The van der Waals surface area contributed by atoms with Crippen molar-refractivity contribution < 1.29 is 9.26 Å². The highest BCUT2D eigenvalue weighted by molar-refractivity contribution is 5.56. The highest BCUT2D eigenvalue weighted by Crippen LogP contribution is 2.26. The fourth-order valence-corrected chi connectivity index (χ4v) is 2.34. The van der Waals surface area contributed by atoms with E-state index in [1.807, 2.05) is 24.3 Å². The number of benzene rings is 1. The molecule has 0 saturated carbocycles. The monoisotopic (exact) mass is 259 g/mol. The van der Waals surface area contributed by atoms with Crippen LogP contribution in [0.2, 0.25) is 0 Å². The molecule has 1 atom stereocenters. The van der Waals surface area contributed by atoms with E-state index in [0.717, 1.165) is 43.1 Å². The minimum atomic E-state index is 0.334. The van der Waals surface area contributed by atoms with Crippen molar-refractivity contribution in [2.24, 2.45) is 0 Å². The van der Waals surface area contributed by atoms with Crippen LogP contribution in [-0.4, -0.2) is 30.3 Å². The maximum absolute atomic E-state index is 5.39. The smallest absolute Gasteiger partial charge is 0.231 e. The summed E-state index contributed by atoms with van der Waals surface area (Å²) in [5.41, 5.74) is 0.915. The van der Waals surface area contributed by atoms with Gasteiger partial charge in [-0.05, 0) is 31.5 Å². The second kappa shape index (κ2) is 5.40. The molecule has 1 fully saturated rings. The zero-order valence-electron chi connectivity index (χ0n) is 10.9. The fourth-order valence-electron chi connectivity index (χ4n) is 2.34. The van der Waals surface area contributed by atoms with Crippen LogP contribution in [0.1, 0.15) is 24.7 Å². The standard InChI is InChI=1S/C14H17N3O2/c1-18-12-6-2-4-10(8-12)13-16-14(19-17-13)11-5-3-7-15-9-11/h2,4,6,8,11,15H,3,5,7,9H2,1H3/t11-/m0/s1. The largest absolute Gasteiger partial charge is 0.497 e. The lowest BCUT2D eigenvalue weighted by atomic mass is 10.00. The van der Waals surface area contributed by atoms with Gasteiger partial charge in [0.2, 0.25) is 11.7 Å². The van der Waals surface area contributed by atoms with E-state index in [0.29, 0.717) is 11.7 Å². The lowest BCUT2D eigenvalue weighted by molar-refractivity contribution is 0.322. The van der Waals surface area contributed by atoms with Gasteiger partial charge >= 0.3 is 0 Å². The number of aromatic nitrogens is 2. The minimum absolute atomic E-state index is 0.334. The molecule has 0 spiro atoms. The van der Waals surface area contributed by atoms with Crippen molar-refractivity contribution >= 4 is 0 Å². The number of hydrogen-bond acceptors (Lipinski definition) is 5.